The Morgan fingerprint density at radius 2 is 2.36 bits per heavy atom. The molecule has 116 valence electrons. The first-order valence-corrected chi connectivity index (χ1v) is 7.70. The van der Waals surface area contributed by atoms with E-state index in [1.54, 1.807) is 7.11 Å². The number of furan rings is 1. The minimum absolute atomic E-state index is 0.0662. The summed E-state index contributed by atoms with van der Waals surface area (Å²) in [6.07, 6.45) is 6.98. The Balaban J connectivity index is 1.70. The molecule has 0 fully saturated rings. The van der Waals surface area contributed by atoms with Gasteiger partial charge in [-0.25, -0.2) is 0 Å². The van der Waals surface area contributed by atoms with Gasteiger partial charge in [0.2, 0.25) is 5.91 Å². The van der Waals surface area contributed by atoms with Crippen molar-refractivity contribution < 1.29 is 13.9 Å². The smallest absolute Gasteiger partial charge is 0.221 e. The zero-order valence-corrected chi connectivity index (χ0v) is 13.0. The fourth-order valence-corrected chi connectivity index (χ4v) is 2.91. The molecular weight excluding hydrogens is 278 g/mol. The van der Waals surface area contributed by atoms with Gasteiger partial charge >= 0.3 is 0 Å². The molecule has 0 aliphatic heterocycles. The Hall–Kier alpha value is -2.23. The third-order valence-corrected chi connectivity index (χ3v) is 4.11. The number of allylic oxidation sites excluding steroid dienone is 2. The monoisotopic (exact) mass is 299 g/mol. The zero-order valence-electron chi connectivity index (χ0n) is 13.0. The second kappa shape index (κ2) is 6.26. The van der Waals surface area contributed by atoms with E-state index in [1.165, 1.54) is 0 Å². The molecule has 4 nitrogen and oxygen atoms in total. The van der Waals surface area contributed by atoms with Crippen molar-refractivity contribution in [3.05, 3.63) is 42.2 Å². The second-order valence-corrected chi connectivity index (χ2v) is 5.79. The number of amides is 1. The number of carbonyl (C=O) groups excluding carboxylic acids is 1. The molecule has 22 heavy (non-hydrogen) atoms. The maximum absolute atomic E-state index is 12.1. The molecule has 1 heterocycles. The largest absolute Gasteiger partial charge is 0.493 e. The van der Waals surface area contributed by atoms with Gasteiger partial charge in [-0.2, -0.15) is 0 Å². The third kappa shape index (κ3) is 3.01. The van der Waals surface area contributed by atoms with Gasteiger partial charge in [-0.3, -0.25) is 4.79 Å². The van der Waals surface area contributed by atoms with Gasteiger partial charge in [-0.05, 0) is 37.8 Å². The number of nitrogens with one attached hydrogen (secondary N) is 1. The van der Waals surface area contributed by atoms with Gasteiger partial charge in [0.15, 0.2) is 11.3 Å². The molecule has 0 radical (unpaired) electrons. The first-order chi connectivity index (χ1) is 10.7. The Kier molecular flexibility index (Phi) is 4.18. The lowest BCUT2D eigenvalue weighted by atomic mass is 10.0. The van der Waals surface area contributed by atoms with E-state index in [2.05, 4.69) is 17.5 Å². The molecular formula is C18H21NO3. The fourth-order valence-electron chi connectivity index (χ4n) is 2.91. The van der Waals surface area contributed by atoms with Gasteiger partial charge in [0, 0.05) is 11.8 Å². The highest BCUT2D eigenvalue weighted by atomic mass is 16.5. The minimum Gasteiger partial charge on any atom is -0.493 e. The summed E-state index contributed by atoms with van der Waals surface area (Å²) in [6, 6.07) is 7.57. The summed E-state index contributed by atoms with van der Waals surface area (Å²) in [7, 11) is 1.62. The molecule has 0 saturated carbocycles. The van der Waals surface area contributed by atoms with Crippen LogP contribution in [-0.2, 0) is 4.79 Å². The highest BCUT2D eigenvalue weighted by Gasteiger charge is 2.18. The summed E-state index contributed by atoms with van der Waals surface area (Å²) < 4.78 is 11.2. The molecule has 0 spiro atoms. The molecule has 1 aliphatic rings. The molecule has 1 N–H and O–H groups in total. The summed E-state index contributed by atoms with van der Waals surface area (Å²) in [6.45, 7) is 1.94. The lowest BCUT2D eigenvalue weighted by molar-refractivity contribution is -0.122. The van der Waals surface area contributed by atoms with Crippen LogP contribution >= 0.6 is 0 Å². The molecule has 1 amide bonds. The average Bonchev–Trinajstić information content (AvgIpc) is 3.15. The summed E-state index contributed by atoms with van der Waals surface area (Å²) in [4.78, 5) is 12.1. The molecule has 3 rings (SSSR count). The standard InChI is InChI=1S/C18H21NO3/c1-12(19-17(20)10-13-6-3-4-7-13)16-11-14-8-5-9-15(21-2)18(14)22-16/h3,5-6,8-9,11-13H,4,7,10H2,1-2H3,(H,19,20)/t12-,13-/m0/s1. The minimum atomic E-state index is -0.157. The predicted molar refractivity (Wildman–Crippen MR) is 85.8 cm³/mol. The highest BCUT2D eigenvalue weighted by molar-refractivity contribution is 5.84. The second-order valence-electron chi connectivity index (χ2n) is 5.79. The van der Waals surface area contributed by atoms with E-state index in [0.717, 1.165) is 29.6 Å². The molecule has 0 unspecified atom stereocenters. The molecule has 0 bridgehead atoms. The Labute approximate surface area is 130 Å². The van der Waals surface area contributed by atoms with Crippen LogP contribution in [0, 0.1) is 5.92 Å². The quantitative estimate of drug-likeness (QED) is 0.850. The maximum Gasteiger partial charge on any atom is 0.221 e. The maximum atomic E-state index is 12.1. The van der Waals surface area contributed by atoms with Crippen molar-refractivity contribution in [1.29, 1.82) is 0 Å². The zero-order chi connectivity index (χ0) is 15.5. The van der Waals surface area contributed by atoms with Gasteiger partial charge in [-0.15, -0.1) is 0 Å². The molecule has 2 aromatic rings. The van der Waals surface area contributed by atoms with Gasteiger partial charge in [0.25, 0.3) is 0 Å². The van der Waals surface area contributed by atoms with Crippen LogP contribution in [0.5, 0.6) is 5.75 Å². The van der Waals surface area contributed by atoms with Crippen molar-refractivity contribution in [1.82, 2.24) is 5.32 Å². The van der Waals surface area contributed by atoms with Crippen molar-refractivity contribution >= 4 is 16.9 Å². The van der Waals surface area contributed by atoms with Crippen LogP contribution in [0.1, 0.15) is 38.0 Å². The van der Waals surface area contributed by atoms with Crippen LogP contribution in [0.3, 0.4) is 0 Å². The molecule has 0 saturated heterocycles. The molecule has 1 aromatic heterocycles. The highest BCUT2D eigenvalue weighted by Crippen LogP contribution is 2.31. The van der Waals surface area contributed by atoms with Gasteiger partial charge in [-0.1, -0.05) is 24.3 Å². The Morgan fingerprint density at radius 3 is 3.09 bits per heavy atom. The third-order valence-electron chi connectivity index (χ3n) is 4.11. The van der Waals surface area contributed by atoms with E-state index < -0.39 is 0 Å². The lowest BCUT2D eigenvalue weighted by Crippen LogP contribution is -2.27. The molecule has 2 atom stereocenters. The van der Waals surface area contributed by atoms with E-state index in [4.69, 9.17) is 9.15 Å². The number of hydrogen-bond donors (Lipinski definition) is 1. The van der Waals surface area contributed by atoms with Crippen molar-refractivity contribution in [3.8, 4) is 5.75 Å². The normalized spacial score (nSPS) is 18.5. The number of carbonyl (C=O) groups is 1. The predicted octanol–water partition coefficient (Wildman–Crippen LogP) is 3.97. The van der Waals surface area contributed by atoms with Crippen LogP contribution in [0.4, 0.5) is 0 Å². The Morgan fingerprint density at radius 1 is 1.50 bits per heavy atom. The summed E-state index contributed by atoms with van der Waals surface area (Å²) >= 11 is 0. The number of rotatable bonds is 5. The van der Waals surface area contributed by atoms with Crippen LogP contribution in [0.25, 0.3) is 11.0 Å². The Bertz CT molecular complexity index is 701. The number of ether oxygens (including phenoxy) is 1. The summed E-state index contributed by atoms with van der Waals surface area (Å²) in [5, 5.41) is 3.99. The molecule has 4 heteroatoms. The topological polar surface area (TPSA) is 51.5 Å². The lowest BCUT2D eigenvalue weighted by Gasteiger charge is -2.13. The summed E-state index contributed by atoms with van der Waals surface area (Å²) in [5.41, 5.74) is 0.722. The van der Waals surface area contributed by atoms with E-state index in [1.807, 2.05) is 31.2 Å². The van der Waals surface area contributed by atoms with Gasteiger partial charge in [0.05, 0.1) is 13.2 Å². The van der Waals surface area contributed by atoms with E-state index in [0.29, 0.717) is 18.1 Å². The number of methoxy groups -OCH3 is 1. The van der Waals surface area contributed by atoms with Crippen LogP contribution in [0.15, 0.2) is 40.8 Å². The molecule has 1 aliphatic carbocycles. The van der Waals surface area contributed by atoms with Gasteiger partial charge < -0.3 is 14.5 Å². The van der Waals surface area contributed by atoms with Crippen LogP contribution in [0.2, 0.25) is 0 Å². The van der Waals surface area contributed by atoms with Crippen molar-refractivity contribution in [3.63, 3.8) is 0 Å². The van der Waals surface area contributed by atoms with E-state index in [9.17, 15) is 4.79 Å². The fraction of sp³-hybridized carbons (Fsp3) is 0.389. The van der Waals surface area contributed by atoms with Crippen LogP contribution in [-0.4, -0.2) is 13.0 Å². The summed E-state index contributed by atoms with van der Waals surface area (Å²) in [5.74, 6) is 1.90. The number of fused-ring (bicyclic) bond motifs is 1. The van der Waals surface area contributed by atoms with E-state index in [-0.39, 0.29) is 11.9 Å². The number of hydrogen-bond acceptors (Lipinski definition) is 3. The SMILES string of the molecule is COc1cccc2cc([C@H](C)NC(=O)C[C@H]3C=CCC3)oc12. The average molecular weight is 299 g/mol. The van der Waals surface area contributed by atoms with E-state index >= 15 is 0 Å². The first-order valence-electron chi connectivity index (χ1n) is 7.70. The van der Waals surface area contributed by atoms with Crippen molar-refractivity contribution in [2.24, 2.45) is 5.92 Å². The van der Waals surface area contributed by atoms with Crippen molar-refractivity contribution in [2.45, 2.75) is 32.2 Å². The van der Waals surface area contributed by atoms with Crippen LogP contribution < -0.4 is 10.1 Å². The molecule has 1 aromatic carbocycles. The first kappa shape index (κ1) is 14.7. The number of benzene rings is 1. The number of para-hydroxylation sites is 1. The van der Waals surface area contributed by atoms with Crippen molar-refractivity contribution in [2.75, 3.05) is 7.11 Å². The van der Waals surface area contributed by atoms with Gasteiger partial charge in [0.1, 0.15) is 5.76 Å².